The van der Waals surface area contributed by atoms with Crippen LogP contribution in [0.5, 0.6) is 0 Å². The fourth-order valence-corrected chi connectivity index (χ4v) is 9.34. The van der Waals surface area contributed by atoms with Crippen LogP contribution in [0.25, 0.3) is 44.6 Å². The van der Waals surface area contributed by atoms with Crippen LogP contribution < -0.4 is 5.19 Å². The Morgan fingerprint density at radius 3 is 2.30 bits per heavy atom. The van der Waals surface area contributed by atoms with Gasteiger partial charge in [-0.2, -0.15) is 0 Å². The Bertz CT molecular complexity index is 2100. The zero-order valence-corrected chi connectivity index (χ0v) is 36.7. The summed E-state index contributed by atoms with van der Waals surface area (Å²) >= 11 is 0. The molecule has 1 fully saturated rings. The molecule has 1 aliphatic rings. The largest absolute Gasteiger partial charge is 0.486 e. The molecule has 4 heterocycles. The Morgan fingerprint density at radius 1 is 0.849 bits per heavy atom. The van der Waals surface area contributed by atoms with Crippen molar-refractivity contribution in [3.05, 3.63) is 108 Å². The molecule has 7 rings (SSSR count). The van der Waals surface area contributed by atoms with E-state index < -0.39 is 8.07 Å². The second kappa shape index (κ2) is 17.4. The van der Waals surface area contributed by atoms with Crippen molar-refractivity contribution in [1.29, 1.82) is 0 Å². The molecular weight excluding hydrogens is 843 g/mol. The van der Waals surface area contributed by atoms with Crippen LogP contribution in [0.3, 0.4) is 0 Å². The first-order chi connectivity index (χ1) is 24.8. The summed E-state index contributed by atoms with van der Waals surface area (Å²) in [5, 5.41) is 3.63. The third kappa shape index (κ3) is 10.2. The Morgan fingerprint density at radius 2 is 1.62 bits per heavy atom. The van der Waals surface area contributed by atoms with E-state index in [9.17, 15) is 0 Å². The monoisotopic (exact) mass is 900 g/mol. The van der Waals surface area contributed by atoms with Gasteiger partial charge in [-0.25, -0.2) is 4.98 Å². The second-order valence-electron chi connectivity index (χ2n) is 17.6. The first-order valence-electron chi connectivity index (χ1n) is 19.4. The van der Waals surface area contributed by atoms with E-state index in [2.05, 4.69) is 127 Å². The van der Waals surface area contributed by atoms with E-state index in [1.165, 1.54) is 48.4 Å². The summed E-state index contributed by atoms with van der Waals surface area (Å²) < 4.78 is 6.33. The molecule has 0 saturated heterocycles. The van der Waals surface area contributed by atoms with E-state index in [-0.39, 0.29) is 25.5 Å². The quantitative estimate of drug-likeness (QED) is 0.113. The molecule has 6 heteroatoms. The molecule has 0 amide bonds. The number of benzene rings is 2. The van der Waals surface area contributed by atoms with Crippen LogP contribution in [0.4, 0.5) is 0 Å². The molecule has 0 aliphatic heterocycles. The van der Waals surface area contributed by atoms with Crippen molar-refractivity contribution >= 4 is 35.3 Å². The zero-order chi connectivity index (χ0) is 37.0. The molecule has 1 aliphatic carbocycles. The molecule has 1 radical (unpaired) electrons. The Kier molecular flexibility index (Phi) is 13.3. The summed E-state index contributed by atoms with van der Waals surface area (Å²) in [5.74, 6) is 1.99. The first-order valence-corrected chi connectivity index (χ1v) is 22.9. The second-order valence-corrected chi connectivity index (χ2v) is 22.6. The third-order valence-corrected chi connectivity index (χ3v) is 12.5. The molecule has 0 bridgehead atoms. The van der Waals surface area contributed by atoms with Gasteiger partial charge >= 0.3 is 0 Å². The van der Waals surface area contributed by atoms with E-state index in [0.29, 0.717) is 17.5 Å². The van der Waals surface area contributed by atoms with Crippen molar-refractivity contribution in [1.82, 2.24) is 15.0 Å². The minimum atomic E-state index is -1.34. The van der Waals surface area contributed by atoms with Crippen molar-refractivity contribution in [3.63, 3.8) is 0 Å². The summed E-state index contributed by atoms with van der Waals surface area (Å²) in [6, 6.07) is 29.8. The zero-order valence-electron chi connectivity index (χ0n) is 33.3. The molecule has 53 heavy (non-hydrogen) atoms. The summed E-state index contributed by atoms with van der Waals surface area (Å²) in [6.07, 6.45) is 12.9. The minimum absolute atomic E-state index is 0. The fraction of sp³-hybridized carbons (Fsp3) is 0.426. The van der Waals surface area contributed by atoms with Crippen LogP contribution in [0.15, 0.2) is 83.5 Å². The number of rotatable bonds is 8. The van der Waals surface area contributed by atoms with E-state index in [1.807, 2.05) is 30.5 Å². The van der Waals surface area contributed by atoms with Gasteiger partial charge in [0.15, 0.2) is 0 Å². The molecule has 1 unspecified atom stereocenters. The number of furan rings is 1. The fourth-order valence-electron chi connectivity index (χ4n) is 7.75. The van der Waals surface area contributed by atoms with Gasteiger partial charge in [0.25, 0.3) is 0 Å². The van der Waals surface area contributed by atoms with Gasteiger partial charge in [-0.15, -0.1) is 54.1 Å². The van der Waals surface area contributed by atoms with Gasteiger partial charge in [0.1, 0.15) is 0 Å². The van der Waals surface area contributed by atoms with Crippen molar-refractivity contribution in [2.45, 2.75) is 112 Å². The predicted molar refractivity (Wildman–Crippen MR) is 222 cm³/mol. The molecule has 1 atom stereocenters. The van der Waals surface area contributed by atoms with Gasteiger partial charge in [0, 0.05) is 43.6 Å². The minimum Gasteiger partial charge on any atom is -0.486 e. The Labute approximate surface area is 333 Å². The average Bonchev–Trinajstić information content (AvgIpc) is 3.49. The Balaban J connectivity index is 0.000000223. The maximum atomic E-state index is 6.33. The summed E-state index contributed by atoms with van der Waals surface area (Å²) in [5.41, 5.74) is 9.62. The van der Waals surface area contributed by atoms with E-state index in [0.717, 1.165) is 63.3 Å². The number of pyridine rings is 3. The SMILES string of the molecule is CC(C)Cc1cc(-c2[c-]cccc2)ncc1[Si](C)(C)C.CC(c1ccnc(-c2[c-]ccc3c2oc2nc(CC(C)(C)C)ccc23)c1)C1CCCCC1.[Ir]. The first kappa shape index (κ1) is 40.7. The molecule has 2 aromatic carbocycles. The van der Waals surface area contributed by atoms with E-state index >= 15 is 0 Å². The predicted octanol–water partition coefficient (Wildman–Crippen LogP) is 12.4. The van der Waals surface area contributed by atoms with Crippen LogP contribution in [0.2, 0.25) is 19.6 Å². The molecule has 0 spiro atoms. The van der Waals surface area contributed by atoms with Crippen LogP contribution in [-0.4, -0.2) is 23.0 Å². The van der Waals surface area contributed by atoms with E-state index in [1.54, 1.807) is 0 Å². The average molecular weight is 900 g/mol. The molecule has 281 valence electrons. The van der Waals surface area contributed by atoms with Crippen LogP contribution in [0, 0.1) is 29.4 Å². The summed E-state index contributed by atoms with van der Waals surface area (Å²) in [6.45, 7) is 20.8. The van der Waals surface area contributed by atoms with Gasteiger partial charge < -0.3 is 14.4 Å². The Hall–Kier alpha value is -3.44. The van der Waals surface area contributed by atoms with Crippen molar-refractivity contribution < 1.29 is 24.5 Å². The molecule has 4 aromatic heterocycles. The van der Waals surface area contributed by atoms with Crippen LogP contribution in [0.1, 0.15) is 96.4 Å². The number of aromatic nitrogens is 3. The van der Waals surface area contributed by atoms with Gasteiger partial charge in [-0.1, -0.05) is 115 Å². The maximum absolute atomic E-state index is 6.33. The van der Waals surface area contributed by atoms with Crippen LogP contribution in [-0.2, 0) is 32.9 Å². The molecule has 1 saturated carbocycles. The summed E-state index contributed by atoms with van der Waals surface area (Å²) in [7, 11) is -1.34. The molecule has 4 nitrogen and oxygen atoms in total. The summed E-state index contributed by atoms with van der Waals surface area (Å²) in [4.78, 5) is 14.2. The normalized spacial score (nSPS) is 14.5. The molecule has 6 aromatic rings. The van der Waals surface area contributed by atoms with E-state index in [4.69, 9.17) is 14.4 Å². The van der Waals surface area contributed by atoms with Gasteiger partial charge in [0.2, 0.25) is 5.71 Å². The standard InChI is InChI=1S/C29H33N2O.C18H24NSi.Ir/c1-19(20-9-6-5-7-10-20)21-15-16-30-26(17-21)25-12-8-11-23-24-14-13-22(18-29(2,3)4)31-28(24)32-27(23)25;1-14(2)11-16-12-17(15-9-7-6-8-10-15)19-13-18(16)20(3,4)5;/h8,11,13-17,19-20H,5-7,9-10,18H2,1-4H3;6-9,12-14H,11H2,1-5H3;/q2*-1;. The van der Waals surface area contributed by atoms with Crippen LogP contribution >= 0.6 is 0 Å². The number of nitrogens with zero attached hydrogens (tertiary/aromatic N) is 3. The number of hydrogen-bond donors (Lipinski definition) is 0. The van der Waals surface area contributed by atoms with Crippen molar-refractivity contribution in [2.75, 3.05) is 0 Å². The maximum Gasteiger partial charge on any atom is 0.216 e. The van der Waals surface area contributed by atoms with Crippen molar-refractivity contribution in [3.8, 4) is 22.5 Å². The smallest absolute Gasteiger partial charge is 0.216 e. The van der Waals surface area contributed by atoms with Gasteiger partial charge in [0.05, 0.1) is 13.7 Å². The van der Waals surface area contributed by atoms with Gasteiger partial charge in [-0.3, -0.25) is 0 Å². The van der Waals surface area contributed by atoms with Crippen molar-refractivity contribution in [2.24, 2.45) is 17.3 Å². The molecular formula is C47H57IrN3OSi-2. The molecule has 0 N–H and O–H groups in total. The van der Waals surface area contributed by atoms with Gasteiger partial charge in [-0.05, 0) is 83.6 Å². The third-order valence-electron chi connectivity index (χ3n) is 10.4. The topological polar surface area (TPSA) is 51.8 Å². The number of fused-ring (bicyclic) bond motifs is 3. The number of hydrogen-bond acceptors (Lipinski definition) is 4.